The van der Waals surface area contributed by atoms with E-state index in [9.17, 15) is 4.79 Å². The summed E-state index contributed by atoms with van der Waals surface area (Å²) in [5.74, 6) is 1.47. The van der Waals surface area contributed by atoms with E-state index in [1.807, 2.05) is 20.8 Å². The van der Waals surface area contributed by atoms with Gasteiger partial charge in [-0.3, -0.25) is 9.48 Å². The Hall–Kier alpha value is -2.11. The van der Waals surface area contributed by atoms with Crippen LogP contribution in [0.2, 0.25) is 0 Å². The van der Waals surface area contributed by atoms with Gasteiger partial charge in [-0.15, -0.1) is 0 Å². The van der Waals surface area contributed by atoms with Crippen LogP contribution in [0.25, 0.3) is 0 Å². The maximum Gasteiger partial charge on any atom is 0.254 e. The zero-order chi connectivity index (χ0) is 13.1. The molecule has 1 N–H and O–H groups in total. The summed E-state index contributed by atoms with van der Waals surface area (Å²) < 4.78 is 7.30. The molecule has 6 heteroatoms. The summed E-state index contributed by atoms with van der Waals surface area (Å²) in [6, 6.07) is 1.59. The van der Waals surface area contributed by atoms with Crippen LogP contribution in [0.15, 0.2) is 23.3 Å². The van der Waals surface area contributed by atoms with Crippen molar-refractivity contribution in [1.29, 1.82) is 0 Å². The molecule has 0 saturated heterocycles. The van der Waals surface area contributed by atoms with Crippen LogP contribution in [0.3, 0.4) is 0 Å². The molecule has 0 saturated carbocycles. The Labute approximate surface area is 105 Å². The predicted octanol–water partition coefficient (Wildman–Crippen LogP) is 1.90. The van der Waals surface area contributed by atoms with Crippen LogP contribution in [0.5, 0.6) is 11.6 Å². The highest BCUT2D eigenvalue weighted by molar-refractivity contribution is 5.21. The molecule has 0 amide bonds. The molecule has 2 heterocycles. The number of hydrogen-bond donors (Lipinski definition) is 1. The summed E-state index contributed by atoms with van der Waals surface area (Å²) in [6.07, 6.45) is 4.03. The minimum atomic E-state index is -0.215. The van der Waals surface area contributed by atoms with E-state index in [1.165, 1.54) is 6.07 Å². The van der Waals surface area contributed by atoms with Crippen molar-refractivity contribution in [3.05, 3.63) is 34.6 Å². The molecule has 0 fully saturated rings. The Morgan fingerprint density at radius 1 is 1.50 bits per heavy atom. The van der Waals surface area contributed by atoms with Crippen molar-refractivity contribution in [2.24, 2.45) is 0 Å². The number of aromatic nitrogens is 4. The van der Waals surface area contributed by atoms with E-state index in [2.05, 4.69) is 15.1 Å². The van der Waals surface area contributed by atoms with E-state index in [0.717, 1.165) is 0 Å². The molecule has 0 aliphatic rings. The highest BCUT2D eigenvalue weighted by Crippen LogP contribution is 2.18. The number of nitrogens with zero attached hydrogens (tertiary/aromatic N) is 3. The quantitative estimate of drug-likeness (QED) is 0.896. The molecule has 0 radical (unpaired) electrons. The maximum atomic E-state index is 11.4. The average molecular weight is 248 g/mol. The lowest BCUT2D eigenvalue weighted by atomic mass is 10.4. The fourth-order valence-corrected chi connectivity index (χ4v) is 1.48. The van der Waals surface area contributed by atoms with Gasteiger partial charge in [0.15, 0.2) is 5.75 Å². The van der Waals surface area contributed by atoms with E-state index in [1.54, 1.807) is 17.1 Å². The van der Waals surface area contributed by atoms with E-state index in [4.69, 9.17) is 4.74 Å². The lowest BCUT2D eigenvalue weighted by Crippen LogP contribution is -2.10. The summed E-state index contributed by atoms with van der Waals surface area (Å²) in [4.78, 5) is 18.2. The Morgan fingerprint density at radius 2 is 2.28 bits per heavy atom. The molecule has 0 atom stereocenters. The van der Waals surface area contributed by atoms with Gasteiger partial charge in [-0.25, -0.2) is 0 Å². The summed E-state index contributed by atoms with van der Waals surface area (Å²) >= 11 is 0. The summed E-state index contributed by atoms with van der Waals surface area (Å²) in [5.41, 5.74) is -0.215. The average Bonchev–Trinajstić information content (AvgIpc) is 2.76. The maximum absolute atomic E-state index is 11.4. The predicted molar refractivity (Wildman–Crippen MR) is 66.9 cm³/mol. The van der Waals surface area contributed by atoms with Crippen molar-refractivity contribution >= 4 is 0 Å². The van der Waals surface area contributed by atoms with Crippen LogP contribution in [-0.2, 0) is 6.42 Å². The largest absolute Gasteiger partial charge is 0.435 e. The van der Waals surface area contributed by atoms with Gasteiger partial charge in [0.05, 0.1) is 18.5 Å². The Bertz CT molecular complexity index is 586. The van der Waals surface area contributed by atoms with Gasteiger partial charge in [-0.05, 0) is 13.8 Å². The van der Waals surface area contributed by atoms with Gasteiger partial charge in [0.25, 0.3) is 5.56 Å². The number of H-pyrrole nitrogens is 1. The summed E-state index contributed by atoms with van der Waals surface area (Å²) in [7, 11) is 0. The Morgan fingerprint density at radius 3 is 2.89 bits per heavy atom. The van der Waals surface area contributed by atoms with Crippen LogP contribution in [0, 0.1) is 0 Å². The van der Waals surface area contributed by atoms with Crippen LogP contribution in [0.1, 0.15) is 32.6 Å². The minimum absolute atomic E-state index is 0.215. The van der Waals surface area contributed by atoms with Crippen LogP contribution >= 0.6 is 0 Å². The van der Waals surface area contributed by atoms with Gasteiger partial charge in [-0.2, -0.15) is 10.1 Å². The number of aromatic amines is 1. The van der Waals surface area contributed by atoms with Gasteiger partial charge in [-0.1, -0.05) is 6.92 Å². The molecule has 6 nitrogen and oxygen atoms in total. The summed E-state index contributed by atoms with van der Waals surface area (Å²) in [6.45, 7) is 5.97. The molecule has 0 bridgehead atoms. The second kappa shape index (κ2) is 5.03. The zero-order valence-corrected chi connectivity index (χ0v) is 10.7. The van der Waals surface area contributed by atoms with Crippen molar-refractivity contribution in [1.82, 2.24) is 19.7 Å². The number of nitrogens with one attached hydrogen (secondary N) is 1. The van der Waals surface area contributed by atoms with Gasteiger partial charge in [0.2, 0.25) is 5.88 Å². The summed E-state index contributed by atoms with van der Waals surface area (Å²) in [5, 5.41) is 4.15. The van der Waals surface area contributed by atoms with Gasteiger partial charge in [0.1, 0.15) is 5.82 Å². The van der Waals surface area contributed by atoms with Crippen LogP contribution < -0.4 is 10.3 Å². The first-order valence-corrected chi connectivity index (χ1v) is 5.90. The van der Waals surface area contributed by atoms with Gasteiger partial charge < -0.3 is 9.72 Å². The molecule has 2 rings (SSSR count). The van der Waals surface area contributed by atoms with Crippen molar-refractivity contribution in [3.63, 3.8) is 0 Å². The molecule has 0 aliphatic heterocycles. The SMILES string of the molecule is CCc1nc(Oc2cnn(C(C)C)c2)cc(=O)[nH]1. The second-order valence-electron chi connectivity index (χ2n) is 4.24. The van der Waals surface area contributed by atoms with E-state index in [-0.39, 0.29) is 11.6 Å². The van der Waals surface area contributed by atoms with E-state index < -0.39 is 0 Å². The van der Waals surface area contributed by atoms with E-state index in [0.29, 0.717) is 23.9 Å². The first kappa shape index (κ1) is 12.3. The number of rotatable bonds is 4. The minimum Gasteiger partial charge on any atom is -0.435 e. The lowest BCUT2D eigenvalue weighted by molar-refractivity contribution is 0.454. The third-order valence-corrected chi connectivity index (χ3v) is 2.43. The molecule has 0 unspecified atom stereocenters. The molecule has 0 spiro atoms. The third-order valence-electron chi connectivity index (χ3n) is 2.43. The van der Waals surface area contributed by atoms with Crippen LogP contribution in [-0.4, -0.2) is 19.7 Å². The lowest BCUT2D eigenvalue weighted by Gasteiger charge is -2.04. The molecule has 18 heavy (non-hydrogen) atoms. The standard InChI is InChI=1S/C12H16N4O2/c1-4-10-14-11(17)5-12(15-10)18-9-6-13-16(7-9)8(2)3/h5-8H,4H2,1-3H3,(H,14,15,17). The monoisotopic (exact) mass is 248 g/mol. The van der Waals surface area contributed by atoms with Gasteiger partial charge >= 0.3 is 0 Å². The molecular formula is C12H16N4O2. The smallest absolute Gasteiger partial charge is 0.254 e. The van der Waals surface area contributed by atoms with Crippen LogP contribution in [0.4, 0.5) is 0 Å². The first-order valence-electron chi connectivity index (χ1n) is 5.90. The zero-order valence-electron chi connectivity index (χ0n) is 10.7. The molecule has 2 aromatic heterocycles. The fraction of sp³-hybridized carbons (Fsp3) is 0.417. The molecule has 2 aromatic rings. The highest BCUT2D eigenvalue weighted by atomic mass is 16.5. The van der Waals surface area contributed by atoms with E-state index >= 15 is 0 Å². The Balaban J connectivity index is 2.22. The fourth-order valence-electron chi connectivity index (χ4n) is 1.48. The molecule has 0 aliphatic carbocycles. The van der Waals surface area contributed by atoms with Crippen molar-refractivity contribution in [2.75, 3.05) is 0 Å². The second-order valence-corrected chi connectivity index (χ2v) is 4.24. The number of ether oxygens (including phenoxy) is 1. The third kappa shape index (κ3) is 2.77. The number of aryl methyl sites for hydroxylation is 1. The molecule has 96 valence electrons. The van der Waals surface area contributed by atoms with Crippen molar-refractivity contribution in [2.45, 2.75) is 33.2 Å². The van der Waals surface area contributed by atoms with Crippen molar-refractivity contribution in [3.8, 4) is 11.6 Å². The highest BCUT2D eigenvalue weighted by Gasteiger charge is 2.06. The Kier molecular flexibility index (Phi) is 3.45. The molecule has 0 aromatic carbocycles. The van der Waals surface area contributed by atoms with Crippen molar-refractivity contribution < 1.29 is 4.74 Å². The normalized spacial score (nSPS) is 10.9. The van der Waals surface area contributed by atoms with Gasteiger partial charge in [0, 0.05) is 12.5 Å². The topological polar surface area (TPSA) is 72.8 Å². The number of hydrogen-bond acceptors (Lipinski definition) is 4. The molecular weight excluding hydrogens is 232 g/mol. The first-order chi connectivity index (χ1) is 8.58.